The van der Waals surface area contributed by atoms with Crippen molar-refractivity contribution in [1.29, 1.82) is 0 Å². The summed E-state index contributed by atoms with van der Waals surface area (Å²) >= 11 is 5.81. The minimum absolute atomic E-state index is 0.156. The molecule has 3 aromatic rings. The molecule has 7 nitrogen and oxygen atoms in total. The summed E-state index contributed by atoms with van der Waals surface area (Å²) in [6.07, 6.45) is 1.53. The van der Waals surface area contributed by atoms with Crippen LogP contribution in [0.5, 0.6) is 0 Å². The smallest absolute Gasteiger partial charge is 0.281 e. The van der Waals surface area contributed by atoms with Gasteiger partial charge in [0.1, 0.15) is 11.5 Å². The third-order valence-electron chi connectivity index (χ3n) is 3.64. The average molecular weight is 384 g/mol. The maximum atomic E-state index is 11.8. The molecule has 136 valence electrons. The van der Waals surface area contributed by atoms with Crippen LogP contribution in [0, 0.1) is 10.1 Å². The van der Waals surface area contributed by atoms with Crippen molar-refractivity contribution in [3.05, 3.63) is 87.1 Å². The largest absolute Gasteiger partial charge is 0.455 e. The van der Waals surface area contributed by atoms with E-state index in [0.29, 0.717) is 17.1 Å². The van der Waals surface area contributed by atoms with Gasteiger partial charge in [0.2, 0.25) is 5.91 Å². The highest BCUT2D eigenvalue weighted by molar-refractivity contribution is 6.30. The molecule has 0 aliphatic carbocycles. The number of hydrazone groups is 1. The van der Waals surface area contributed by atoms with Crippen LogP contribution in [0.2, 0.25) is 5.02 Å². The maximum Gasteiger partial charge on any atom is 0.281 e. The number of nitro groups is 1. The highest BCUT2D eigenvalue weighted by Crippen LogP contribution is 2.33. The molecule has 3 rings (SSSR count). The number of amides is 1. The second-order valence-corrected chi connectivity index (χ2v) is 6.01. The van der Waals surface area contributed by atoms with E-state index in [-0.39, 0.29) is 23.0 Å². The Morgan fingerprint density at radius 2 is 1.96 bits per heavy atom. The first kappa shape index (κ1) is 18.3. The van der Waals surface area contributed by atoms with Crippen LogP contribution < -0.4 is 5.43 Å². The van der Waals surface area contributed by atoms with Gasteiger partial charge in [0.25, 0.3) is 5.69 Å². The third kappa shape index (κ3) is 4.80. The van der Waals surface area contributed by atoms with Gasteiger partial charge in [-0.3, -0.25) is 14.9 Å². The van der Waals surface area contributed by atoms with Crippen molar-refractivity contribution in [1.82, 2.24) is 5.43 Å². The molecule has 0 fully saturated rings. The van der Waals surface area contributed by atoms with Gasteiger partial charge in [0.15, 0.2) is 0 Å². The zero-order valence-corrected chi connectivity index (χ0v) is 14.7. The van der Waals surface area contributed by atoms with Gasteiger partial charge in [0, 0.05) is 11.1 Å². The van der Waals surface area contributed by atoms with E-state index in [9.17, 15) is 14.9 Å². The molecule has 0 radical (unpaired) electrons. The van der Waals surface area contributed by atoms with Crippen molar-refractivity contribution in [3.63, 3.8) is 0 Å². The predicted octanol–water partition coefficient (Wildman–Crippen LogP) is 4.20. The predicted molar refractivity (Wildman–Crippen MR) is 102 cm³/mol. The lowest BCUT2D eigenvalue weighted by molar-refractivity contribution is -0.384. The molecule has 0 aliphatic rings. The fourth-order valence-corrected chi connectivity index (χ4v) is 2.59. The van der Waals surface area contributed by atoms with Gasteiger partial charge >= 0.3 is 0 Å². The number of nitrogens with one attached hydrogen (secondary N) is 1. The number of rotatable bonds is 6. The number of hydrogen-bond acceptors (Lipinski definition) is 5. The van der Waals surface area contributed by atoms with E-state index in [1.165, 1.54) is 18.3 Å². The van der Waals surface area contributed by atoms with Gasteiger partial charge in [-0.05, 0) is 29.8 Å². The van der Waals surface area contributed by atoms with Crippen molar-refractivity contribution in [3.8, 4) is 11.3 Å². The SMILES string of the molecule is O=C(Cc1ccccc1)N/N=C\c1ccc(-c2ccc(Cl)cc2[N+](=O)[O-])o1. The summed E-state index contributed by atoms with van der Waals surface area (Å²) in [4.78, 5) is 22.5. The van der Waals surface area contributed by atoms with E-state index in [4.69, 9.17) is 16.0 Å². The van der Waals surface area contributed by atoms with Crippen LogP contribution in [0.4, 0.5) is 5.69 Å². The first-order valence-electron chi connectivity index (χ1n) is 7.93. The minimum Gasteiger partial charge on any atom is -0.455 e. The summed E-state index contributed by atoms with van der Waals surface area (Å²) in [7, 11) is 0. The Balaban J connectivity index is 1.67. The fourth-order valence-electron chi connectivity index (χ4n) is 2.42. The lowest BCUT2D eigenvalue weighted by atomic mass is 10.1. The number of nitro benzene ring substituents is 1. The van der Waals surface area contributed by atoms with Crippen molar-refractivity contribution in [2.45, 2.75) is 6.42 Å². The maximum absolute atomic E-state index is 11.8. The quantitative estimate of drug-likeness (QED) is 0.391. The molecule has 0 saturated carbocycles. The first-order chi connectivity index (χ1) is 13.0. The van der Waals surface area contributed by atoms with Crippen molar-refractivity contribution >= 4 is 29.4 Å². The molecule has 1 amide bonds. The average Bonchev–Trinajstić information content (AvgIpc) is 3.11. The van der Waals surface area contributed by atoms with E-state index < -0.39 is 4.92 Å². The normalized spacial score (nSPS) is 10.9. The Morgan fingerprint density at radius 1 is 1.19 bits per heavy atom. The lowest BCUT2D eigenvalue weighted by Crippen LogP contribution is -2.19. The molecule has 2 aromatic carbocycles. The van der Waals surface area contributed by atoms with Gasteiger partial charge in [-0.25, -0.2) is 5.43 Å². The molecular weight excluding hydrogens is 370 g/mol. The molecule has 0 unspecified atom stereocenters. The van der Waals surface area contributed by atoms with Gasteiger partial charge < -0.3 is 4.42 Å². The lowest BCUT2D eigenvalue weighted by Gasteiger charge is -2.00. The number of halogens is 1. The Hall–Kier alpha value is -3.45. The zero-order valence-electron chi connectivity index (χ0n) is 14.0. The molecule has 0 saturated heterocycles. The van der Waals surface area contributed by atoms with E-state index in [0.717, 1.165) is 5.56 Å². The number of benzene rings is 2. The molecule has 1 heterocycles. The molecule has 0 bridgehead atoms. The van der Waals surface area contributed by atoms with E-state index in [2.05, 4.69) is 10.5 Å². The highest BCUT2D eigenvalue weighted by atomic mass is 35.5. The van der Waals surface area contributed by atoms with Gasteiger partial charge in [-0.1, -0.05) is 41.9 Å². The summed E-state index contributed by atoms with van der Waals surface area (Å²) in [5.74, 6) is 0.377. The molecule has 27 heavy (non-hydrogen) atoms. The number of carbonyl (C=O) groups is 1. The van der Waals surface area contributed by atoms with Gasteiger partial charge in [-0.2, -0.15) is 5.10 Å². The van der Waals surface area contributed by atoms with Crippen LogP contribution in [-0.4, -0.2) is 17.0 Å². The van der Waals surface area contributed by atoms with Crippen molar-refractivity contribution < 1.29 is 14.1 Å². The number of nitrogens with zero attached hydrogens (tertiary/aromatic N) is 2. The fraction of sp³-hybridized carbons (Fsp3) is 0.0526. The Morgan fingerprint density at radius 3 is 2.70 bits per heavy atom. The molecule has 1 N–H and O–H groups in total. The highest BCUT2D eigenvalue weighted by Gasteiger charge is 2.18. The molecule has 0 aliphatic heterocycles. The molecule has 0 spiro atoms. The number of hydrogen-bond donors (Lipinski definition) is 1. The summed E-state index contributed by atoms with van der Waals surface area (Å²) in [5.41, 5.74) is 3.43. The monoisotopic (exact) mass is 383 g/mol. The van der Waals surface area contributed by atoms with Crippen LogP contribution in [0.1, 0.15) is 11.3 Å². The van der Waals surface area contributed by atoms with Gasteiger partial charge in [-0.15, -0.1) is 0 Å². The van der Waals surface area contributed by atoms with E-state index in [1.807, 2.05) is 30.3 Å². The summed E-state index contributed by atoms with van der Waals surface area (Å²) < 4.78 is 5.55. The second-order valence-electron chi connectivity index (χ2n) is 5.58. The van der Waals surface area contributed by atoms with E-state index in [1.54, 1.807) is 18.2 Å². The van der Waals surface area contributed by atoms with Crippen LogP contribution >= 0.6 is 11.6 Å². The van der Waals surface area contributed by atoms with Crippen molar-refractivity contribution in [2.24, 2.45) is 5.10 Å². The van der Waals surface area contributed by atoms with Crippen molar-refractivity contribution in [2.75, 3.05) is 0 Å². The van der Waals surface area contributed by atoms with Gasteiger partial charge in [0.05, 0.1) is 23.1 Å². The summed E-state index contributed by atoms with van der Waals surface area (Å²) in [6.45, 7) is 0. The van der Waals surface area contributed by atoms with Crippen LogP contribution in [-0.2, 0) is 11.2 Å². The van der Waals surface area contributed by atoms with Crippen LogP contribution in [0.15, 0.2) is 70.2 Å². The Bertz CT molecular complexity index is 999. The van der Waals surface area contributed by atoms with Crippen LogP contribution in [0.25, 0.3) is 11.3 Å². The molecule has 0 atom stereocenters. The number of furan rings is 1. The Labute approximate surface area is 159 Å². The minimum atomic E-state index is -0.526. The zero-order chi connectivity index (χ0) is 19.2. The Kier molecular flexibility index (Phi) is 5.63. The second kappa shape index (κ2) is 8.29. The first-order valence-corrected chi connectivity index (χ1v) is 8.31. The number of carbonyl (C=O) groups excluding carboxylic acids is 1. The molecule has 8 heteroatoms. The molecular formula is C19H14ClN3O4. The standard InChI is InChI=1S/C19H14ClN3O4/c20-14-6-8-16(17(11-14)23(25)26)18-9-7-15(27-18)12-21-22-19(24)10-13-4-2-1-3-5-13/h1-9,11-12H,10H2,(H,22,24)/b21-12-. The summed E-state index contributed by atoms with van der Waals surface area (Å²) in [5, 5.41) is 15.3. The molecule has 1 aromatic heterocycles. The van der Waals surface area contributed by atoms with Crippen LogP contribution in [0.3, 0.4) is 0 Å². The topological polar surface area (TPSA) is 97.7 Å². The summed E-state index contributed by atoms with van der Waals surface area (Å²) in [6, 6.07) is 16.8. The third-order valence-corrected chi connectivity index (χ3v) is 3.87. The van der Waals surface area contributed by atoms with E-state index >= 15 is 0 Å².